The van der Waals surface area contributed by atoms with E-state index >= 15 is 0 Å². The zero-order valence-corrected chi connectivity index (χ0v) is 11.1. The molecule has 1 fully saturated rings. The van der Waals surface area contributed by atoms with Crippen molar-refractivity contribution < 1.29 is 4.79 Å². The molecule has 0 spiro atoms. The molecule has 1 aromatic carbocycles. The monoisotopic (exact) mass is 233 g/mol. The van der Waals surface area contributed by atoms with Crippen LogP contribution < -0.4 is 5.32 Å². The quantitative estimate of drug-likeness (QED) is 0.851. The van der Waals surface area contributed by atoms with Crippen LogP contribution >= 0.6 is 0 Å². The van der Waals surface area contributed by atoms with E-state index in [9.17, 15) is 4.79 Å². The normalized spacial score (nSPS) is 17.8. The lowest BCUT2D eigenvalue weighted by atomic mass is 9.70. The van der Waals surface area contributed by atoms with E-state index in [4.69, 9.17) is 0 Å². The summed E-state index contributed by atoms with van der Waals surface area (Å²) < 4.78 is 0. The first-order chi connectivity index (χ1) is 8.26. The second-order valence-corrected chi connectivity index (χ2v) is 4.25. The fraction of sp³-hybridized carbons (Fsp3) is 0.533. The summed E-state index contributed by atoms with van der Waals surface area (Å²) in [6.07, 6.45) is 1.85. The van der Waals surface area contributed by atoms with Crippen molar-refractivity contribution in [3.8, 4) is 0 Å². The van der Waals surface area contributed by atoms with Crippen molar-refractivity contribution in [1.82, 2.24) is 5.32 Å². The van der Waals surface area contributed by atoms with Gasteiger partial charge in [0.25, 0.3) is 0 Å². The van der Waals surface area contributed by atoms with Gasteiger partial charge in [-0.3, -0.25) is 4.79 Å². The number of piperidine rings is 1. The number of ketones is 1. The molecular formula is C15H23NO. The lowest BCUT2D eigenvalue weighted by molar-refractivity contribution is -0.123. The first-order valence-corrected chi connectivity index (χ1v) is 6.53. The van der Waals surface area contributed by atoms with Gasteiger partial charge in [-0.2, -0.15) is 0 Å². The smallest absolute Gasteiger partial charge is 0.140 e. The number of Topliss-reactive ketones (excluding diaryl/α,β-unsaturated/α-hetero) is 1. The number of rotatable bonds is 2. The minimum Gasteiger partial charge on any atom is -0.317 e. The Hall–Kier alpha value is -1.15. The highest BCUT2D eigenvalue weighted by molar-refractivity contribution is 5.88. The molecule has 1 aliphatic rings. The third kappa shape index (κ3) is 2.95. The van der Waals surface area contributed by atoms with Crippen molar-refractivity contribution in [1.29, 1.82) is 0 Å². The first-order valence-electron chi connectivity index (χ1n) is 6.53. The van der Waals surface area contributed by atoms with E-state index < -0.39 is 0 Å². The molecule has 0 radical (unpaired) electrons. The van der Waals surface area contributed by atoms with Crippen molar-refractivity contribution in [3.63, 3.8) is 0 Å². The van der Waals surface area contributed by atoms with E-state index in [1.807, 2.05) is 32.0 Å². The molecule has 2 nitrogen and oxygen atoms in total. The van der Waals surface area contributed by atoms with Crippen LogP contribution in [0.4, 0.5) is 0 Å². The maximum Gasteiger partial charge on any atom is 0.140 e. The van der Waals surface area contributed by atoms with E-state index in [1.165, 1.54) is 5.56 Å². The second kappa shape index (κ2) is 6.55. The van der Waals surface area contributed by atoms with E-state index in [0.29, 0.717) is 5.78 Å². The molecule has 0 unspecified atom stereocenters. The Morgan fingerprint density at radius 3 is 2.12 bits per heavy atom. The van der Waals surface area contributed by atoms with Crippen LogP contribution in [0.3, 0.4) is 0 Å². The highest BCUT2D eigenvalue weighted by atomic mass is 16.1. The van der Waals surface area contributed by atoms with E-state index in [2.05, 4.69) is 17.4 Å². The molecule has 1 aromatic rings. The molecule has 0 amide bonds. The van der Waals surface area contributed by atoms with Crippen molar-refractivity contribution in [2.24, 2.45) is 0 Å². The average molecular weight is 233 g/mol. The van der Waals surface area contributed by atoms with Gasteiger partial charge in [0.05, 0.1) is 5.41 Å². The van der Waals surface area contributed by atoms with E-state index in [1.54, 1.807) is 6.92 Å². The van der Waals surface area contributed by atoms with Gasteiger partial charge in [-0.05, 0) is 38.4 Å². The Bertz CT molecular complexity index is 339. The molecule has 0 atom stereocenters. The summed E-state index contributed by atoms with van der Waals surface area (Å²) in [6, 6.07) is 10.2. The summed E-state index contributed by atoms with van der Waals surface area (Å²) in [6.45, 7) is 7.60. The SMILES string of the molecule is CC.CC(=O)C1(c2ccccc2)CCNCC1. The molecule has 0 aromatic heterocycles. The van der Waals surface area contributed by atoms with Crippen LogP contribution in [0.25, 0.3) is 0 Å². The first kappa shape index (κ1) is 13.9. The number of carbonyl (C=O) groups is 1. The van der Waals surface area contributed by atoms with Crippen molar-refractivity contribution in [3.05, 3.63) is 35.9 Å². The standard InChI is InChI=1S/C13H17NO.C2H6/c1-11(15)13(7-9-14-10-8-13)12-5-3-2-4-6-12;1-2/h2-6,14H,7-10H2,1H3;1-2H3. The lowest BCUT2D eigenvalue weighted by Gasteiger charge is -2.35. The summed E-state index contributed by atoms with van der Waals surface area (Å²) in [4.78, 5) is 11.9. The van der Waals surface area contributed by atoms with Gasteiger partial charge in [0.2, 0.25) is 0 Å². The van der Waals surface area contributed by atoms with Gasteiger partial charge in [0.15, 0.2) is 0 Å². The van der Waals surface area contributed by atoms with Crippen LogP contribution in [0.2, 0.25) is 0 Å². The molecule has 94 valence electrons. The fourth-order valence-corrected chi connectivity index (χ4v) is 2.45. The third-order valence-electron chi connectivity index (χ3n) is 3.46. The molecule has 1 aliphatic heterocycles. The van der Waals surface area contributed by atoms with Gasteiger partial charge in [0.1, 0.15) is 5.78 Å². The molecule has 2 rings (SSSR count). The van der Waals surface area contributed by atoms with Crippen molar-refractivity contribution in [2.45, 2.75) is 39.0 Å². The Morgan fingerprint density at radius 2 is 1.65 bits per heavy atom. The highest BCUT2D eigenvalue weighted by Gasteiger charge is 2.37. The van der Waals surface area contributed by atoms with E-state index in [-0.39, 0.29) is 5.41 Å². The minimum atomic E-state index is -0.230. The zero-order valence-electron chi connectivity index (χ0n) is 11.1. The van der Waals surface area contributed by atoms with Gasteiger partial charge in [-0.25, -0.2) is 0 Å². The van der Waals surface area contributed by atoms with Crippen LogP contribution in [0.5, 0.6) is 0 Å². The third-order valence-corrected chi connectivity index (χ3v) is 3.46. The molecule has 1 N–H and O–H groups in total. The Kier molecular flexibility index (Phi) is 5.36. The van der Waals surface area contributed by atoms with Gasteiger partial charge in [-0.1, -0.05) is 44.2 Å². The van der Waals surface area contributed by atoms with Gasteiger partial charge in [-0.15, -0.1) is 0 Å². The number of benzene rings is 1. The van der Waals surface area contributed by atoms with Crippen LogP contribution in [-0.2, 0) is 10.2 Å². The molecule has 0 saturated carbocycles. The van der Waals surface area contributed by atoms with Gasteiger partial charge >= 0.3 is 0 Å². The van der Waals surface area contributed by atoms with Crippen molar-refractivity contribution >= 4 is 5.78 Å². The molecule has 1 saturated heterocycles. The van der Waals surface area contributed by atoms with Gasteiger partial charge < -0.3 is 5.32 Å². The summed E-state index contributed by atoms with van der Waals surface area (Å²) >= 11 is 0. The largest absolute Gasteiger partial charge is 0.317 e. The highest BCUT2D eigenvalue weighted by Crippen LogP contribution is 2.34. The predicted molar refractivity (Wildman–Crippen MR) is 72.3 cm³/mol. The Balaban J connectivity index is 0.000000686. The molecule has 0 bridgehead atoms. The van der Waals surface area contributed by atoms with Crippen LogP contribution in [0, 0.1) is 0 Å². The summed E-state index contributed by atoms with van der Waals surface area (Å²) in [5.41, 5.74) is 0.950. The average Bonchev–Trinajstić information content (AvgIpc) is 2.42. The van der Waals surface area contributed by atoms with E-state index in [0.717, 1.165) is 25.9 Å². The number of nitrogens with one attached hydrogen (secondary N) is 1. The van der Waals surface area contributed by atoms with Crippen LogP contribution in [0.15, 0.2) is 30.3 Å². The summed E-state index contributed by atoms with van der Waals surface area (Å²) in [5.74, 6) is 0.301. The fourth-order valence-electron chi connectivity index (χ4n) is 2.45. The van der Waals surface area contributed by atoms with Crippen LogP contribution in [-0.4, -0.2) is 18.9 Å². The Labute approximate surface area is 104 Å². The lowest BCUT2D eigenvalue weighted by Crippen LogP contribution is -2.44. The molecular weight excluding hydrogens is 210 g/mol. The molecule has 2 heteroatoms. The molecule has 0 aliphatic carbocycles. The number of hydrogen-bond acceptors (Lipinski definition) is 2. The summed E-state index contributed by atoms with van der Waals surface area (Å²) in [5, 5.41) is 3.31. The van der Waals surface area contributed by atoms with Crippen molar-refractivity contribution in [2.75, 3.05) is 13.1 Å². The molecule has 1 heterocycles. The predicted octanol–water partition coefficient (Wildman–Crippen LogP) is 2.92. The topological polar surface area (TPSA) is 29.1 Å². The minimum absolute atomic E-state index is 0.230. The van der Waals surface area contributed by atoms with Gasteiger partial charge in [0, 0.05) is 0 Å². The second-order valence-electron chi connectivity index (χ2n) is 4.25. The zero-order chi connectivity index (χ0) is 12.7. The molecule has 17 heavy (non-hydrogen) atoms. The maximum atomic E-state index is 11.9. The van der Waals surface area contributed by atoms with Crippen LogP contribution in [0.1, 0.15) is 39.2 Å². The summed E-state index contributed by atoms with van der Waals surface area (Å²) in [7, 11) is 0. The number of carbonyl (C=O) groups excluding carboxylic acids is 1. The Morgan fingerprint density at radius 1 is 1.12 bits per heavy atom. The maximum absolute atomic E-state index is 11.9. The number of hydrogen-bond donors (Lipinski definition) is 1.